The molecule has 0 radical (unpaired) electrons. The van der Waals surface area contributed by atoms with Crippen LogP contribution in [0.2, 0.25) is 5.02 Å². The average molecular weight is 358 g/mol. The Morgan fingerprint density at radius 3 is 2.50 bits per heavy atom. The van der Waals surface area contributed by atoms with E-state index < -0.39 is 6.04 Å². The summed E-state index contributed by atoms with van der Waals surface area (Å²) in [7, 11) is 0. The van der Waals surface area contributed by atoms with Gasteiger partial charge >= 0.3 is 0 Å². The second-order valence-electron chi connectivity index (χ2n) is 5.41. The zero-order valence-corrected chi connectivity index (χ0v) is 14.5. The summed E-state index contributed by atoms with van der Waals surface area (Å²) in [6, 6.07) is 16.3. The third-order valence-electron chi connectivity index (χ3n) is 3.76. The lowest BCUT2D eigenvalue weighted by molar-refractivity contribution is -0.113. The highest BCUT2D eigenvalue weighted by molar-refractivity contribution is 7.80. The Balaban J connectivity index is 1.98. The lowest BCUT2D eigenvalue weighted by Crippen LogP contribution is -2.45. The smallest absolute Gasteiger partial charge is 0.255 e. The molecule has 1 aliphatic heterocycles. The molecule has 0 saturated carbocycles. The van der Waals surface area contributed by atoms with Crippen LogP contribution in [0.1, 0.15) is 18.5 Å². The molecule has 0 spiro atoms. The molecule has 1 aliphatic rings. The minimum Gasteiger partial charge on any atom is -0.351 e. The zero-order valence-electron chi connectivity index (χ0n) is 13.0. The Hall–Kier alpha value is -2.37. The Labute approximate surface area is 150 Å². The van der Waals surface area contributed by atoms with Gasteiger partial charge in [0, 0.05) is 16.4 Å². The van der Waals surface area contributed by atoms with Crippen molar-refractivity contribution in [3.8, 4) is 0 Å². The molecule has 0 saturated heterocycles. The van der Waals surface area contributed by atoms with E-state index in [2.05, 4.69) is 16.0 Å². The van der Waals surface area contributed by atoms with Gasteiger partial charge < -0.3 is 16.0 Å². The number of amides is 1. The van der Waals surface area contributed by atoms with Gasteiger partial charge in [0.25, 0.3) is 5.91 Å². The number of para-hydroxylation sites is 1. The molecule has 1 amide bonds. The van der Waals surface area contributed by atoms with Crippen LogP contribution < -0.4 is 16.0 Å². The second kappa shape index (κ2) is 7.03. The summed E-state index contributed by atoms with van der Waals surface area (Å²) in [4.78, 5) is 12.8. The van der Waals surface area contributed by atoms with Gasteiger partial charge in [0.2, 0.25) is 0 Å². The van der Waals surface area contributed by atoms with Gasteiger partial charge in [-0.05, 0) is 42.9 Å². The van der Waals surface area contributed by atoms with Crippen LogP contribution in [0.15, 0.2) is 65.9 Å². The van der Waals surface area contributed by atoms with Gasteiger partial charge in [0.05, 0.1) is 11.6 Å². The molecule has 6 heteroatoms. The van der Waals surface area contributed by atoms with Crippen LogP contribution in [-0.4, -0.2) is 11.0 Å². The zero-order chi connectivity index (χ0) is 17.1. The lowest BCUT2D eigenvalue weighted by atomic mass is 9.95. The van der Waals surface area contributed by atoms with Crippen LogP contribution in [0.4, 0.5) is 5.69 Å². The molecule has 1 atom stereocenters. The highest BCUT2D eigenvalue weighted by Gasteiger charge is 2.31. The van der Waals surface area contributed by atoms with E-state index >= 15 is 0 Å². The van der Waals surface area contributed by atoms with E-state index in [1.165, 1.54) is 0 Å². The summed E-state index contributed by atoms with van der Waals surface area (Å²) in [6.45, 7) is 1.83. The number of thiocarbonyl (C=S) groups is 1. The number of carbonyl (C=O) groups is 1. The van der Waals surface area contributed by atoms with Crippen LogP contribution in [0, 0.1) is 0 Å². The molecular weight excluding hydrogens is 342 g/mol. The summed E-state index contributed by atoms with van der Waals surface area (Å²) in [5.74, 6) is -0.203. The van der Waals surface area contributed by atoms with Crippen molar-refractivity contribution in [2.24, 2.45) is 0 Å². The number of hydrogen-bond donors (Lipinski definition) is 3. The fourth-order valence-electron chi connectivity index (χ4n) is 2.66. The van der Waals surface area contributed by atoms with Crippen molar-refractivity contribution < 1.29 is 4.79 Å². The van der Waals surface area contributed by atoms with Crippen LogP contribution >= 0.6 is 23.8 Å². The number of anilines is 1. The van der Waals surface area contributed by atoms with Crippen LogP contribution in [0.3, 0.4) is 0 Å². The Morgan fingerprint density at radius 1 is 1.12 bits per heavy atom. The van der Waals surface area contributed by atoms with E-state index in [0.29, 0.717) is 21.4 Å². The molecule has 3 N–H and O–H groups in total. The number of allylic oxidation sites excluding steroid dienone is 1. The van der Waals surface area contributed by atoms with Gasteiger partial charge in [-0.1, -0.05) is 48.0 Å². The average Bonchev–Trinajstić information content (AvgIpc) is 2.55. The van der Waals surface area contributed by atoms with Crippen molar-refractivity contribution in [1.82, 2.24) is 10.6 Å². The van der Waals surface area contributed by atoms with Crippen molar-refractivity contribution in [3.63, 3.8) is 0 Å². The quantitative estimate of drug-likeness (QED) is 0.732. The number of halogens is 1. The van der Waals surface area contributed by atoms with Gasteiger partial charge in [-0.3, -0.25) is 4.79 Å². The highest BCUT2D eigenvalue weighted by atomic mass is 35.5. The standard InChI is InChI=1S/C18H16ClN3OS/c1-11-15(17(23)21-12-7-3-2-4-8-12)16(22-18(24)20-11)13-9-5-6-10-14(13)19/h2-10,16H,1H3,(H,21,23)(H2,20,22,24). The highest BCUT2D eigenvalue weighted by Crippen LogP contribution is 2.32. The van der Waals surface area contributed by atoms with E-state index in [4.69, 9.17) is 23.8 Å². The first-order valence-corrected chi connectivity index (χ1v) is 8.24. The Morgan fingerprint density at radius 2 is 1.79 bits per heavy atom. The van der Waals surface area contributed by atoms with Gasteiger partial charge in [0.1, 0.15) is 0 Å². The molecule has 1 unspecified atom stereocenters. The molecule has 0 bridgehead atoms. The molecule has 4 nitrogen and oxygen atoms in total. The molecular formula is C18H16ClN3OS. The second-order valence-corrected chi connectivity index (χ2v) is 6.23. The van der Waals surface area contributed by atoms with E-state index in [0.717, 1.165) is 11.3 Å². The van der Waals surface area contributed by atoms with E-state index in [9.17, 15) is 4.79 Å². The van der Waals surface area contributed by atoms with Crippen molar-refractivity contribution in [2.45, 2.75) is 13.0 Å². The van der Waals surface area contributed by atoms with E-state index in [1.54, 1.807) is 6.07 Å². The maximum absolute atomic E-state index is 12.8. The van der Waals surface area contributed by atoms with Gasteiger partial charge in [-0.25, -0.2) is 0 Å². The Bertz CT molecular complexity index is 820. The molecule has 1 heterocycles. The molecule has 24 heavy (non-hydrogen) atoms. The summed E-state index contributed by atoms with van der Waals surface area (Å²) < 4.78 is 0. The summed E-state index contributed by atoms with van der Waals surface area (Å²) in [5.41, 5.74) is 2.80. The lowest BCUT2D eigenvalue weighted by Gasteiger charge is -2.30. The minimum atomic E-state index is -0.406. The fourth-order valence-corrected chi connectivity index (χ4v) is 3.17. The van der Waals surface area contributed by atoms with Crippen LogP contribution in [0.5, 0.6) is 0 Å². The van der Waals surface area contributed by atoms with Crippen LogP contribution in [-0.2, 0) is 4.79 Å². The van der Waals surface area contributed by atoms with Crippen molar-refractivity contribution in [2.75, 3.05) is 5.32 Å². The Kier molecular flexibility index (Phi) is 4.83. The normalized spacial score (nSPS) is 17.1. The molecule has 122 valence electrons. The van der Waals surface area contributed by atoms with Crippen molar-refractivity contribution in [1.29, 1.82) is 0 Å². The number of rotatable bonds is 3. The fraction of sp³-hybridized carbons (Fsp3) is 0.111. The number of nitrogens with one attached hydrogen (secondary N) is 3. The van der Waals surface area contributed by atoms with Gasteiger partial charge in [0.15, 0.2) is 5.11 Å². The molecule has 3 rings (SSSR count). The molecule has 0 aliphatic carbocycles. The minimum absolute atomic E-state index is 0.203. The molecule has 0 fully saturated rings. The van der Waals surface area contributed by atoms with E-state index in [-0.39, 0.29) is 5.91 Å². The predicted octanol–water partition coefficient (Wildman–Crippen LogP) is 3.77. The predicted molar refractivity (Wildman–Crippen MR) is 101 cm³/mol. The van der Waals surface area contributed by atoms with Gasteiger partial charge in [-0.15, -0.1) is 0 Å². The SMILES string of the molecule is CC1=C(C(=O)Nc2ccccc2)C(c2ccccc2Cl)NC(=S)N1. The maximum Gasteiger partial charge on any atom is 0.255 e. The number of benzene rings is 2. The maximum atomic E-state index is 12.8. The van der Waals surface area contributed by atoms with E-state index in [1.807, 2.05) is 55.5 Å². The largest absolute Gasteiger partial charge is 0.351 e. The van der Waals surface area contributed by atoms with Crippen molar-refractivity contribution >= 4 is 40.5 Å². The third kappa shape index (κ3) is 3.42. The molecule has 2 aromatic carbocycles. The first-order chi connectivity index (χ1) is 11.6. The summed E-state index contributed by atoms with van der Waals surface area (Å²) in [5, 5.41) is 10.1. The first-order valence-electron chi connectivity index (χ1n) is 7.45. The summed E-state index contributed by atoms with van der Waals surface area (Å²) >= 11 is 11.6. The number of hydrogen-bond acceptors (Lipinski definition) is 2. The molecule has 2 aromatic rings. The monoisotopic (exact) mass is 357 g/mol. The number of carbonyl (C=O) groups excluding carboxylic acids is 1. The third-order valence-corrected chi connectivity index (χ3v) is 4.33. The topological polar surface area (TPSA) is 53.2 Å². The summed E-state index contributed by atoms with van der Waals surface area (Å²) in [6.07, 6.45) is 0. The first kappa shape index (κ1) is 16.5. The molecule has 0 aromatic heterocycles. The van der Waals surface area contributed by atoms with Crippen molar-refractivity contribution in [3.05, 3.63) is 76.5 Å². The van der Waals surface area contributed by atoms with Gasteiger partial charge in [-0.2, -0.15) is 0 Å². The van der Waals surface area contributed by atoms with Crippen LogP contribution in [0.25, 0.3) is 0 Å².